The lowest BCUT2D eigenvalue weighted by Gasteiger charge is -2.31. The molecule has 2 aromatic heterocycles. The second-order valence-electron chi connectivity index (χ2n) is 9.89. The van der Waals surface area contributed by atoms with Crippen LogP contribution in [0.3, 0.4) is 0 Å². The Morgan fingerprint density at radius 3 is 2.89 bits per heavy atom. The third-order valence-electron chi connectivity index (χ3n) is 7.25. The first-order valence-electron chi connectivity index (χ1n) is 12.9. The molecule has 1 saturated carbocycles. The molecule has 3 aromatic rings. The number of aliphatic hydroxyl groups excluding tert-OH is 1. The SMILES string of the molecule is Cc1ncoc1COc1ccc2c(c1C)CCN(CC(O)CNC(=O)c1cc(NC3CCC3)ncn1)C2. The van der Waals surface area contributed by atoms with Gasteiger partial charge in [0.05, 0.1) is 11.8 Å². The van der Waals surface area contributed by atoms with Gasteiger partial charge in [0.15, 0.2) is 12.2 Å². The van der Waals surface area contributed by atoms with Gasteiger partial charge in [-0.05, 0) is 62.3 Å². The number of β-amino-alcohol motifs (C(OH)–C–C–N with tert-alkyl or cyclic N) is 1. The van der Waals surface area contributed by atoms with Crippen LogP contribution in [0.4, 0.5) is 5.82 Å². The van der Waals surface area contributed by atoms with E-state index in [2.05, 4.69) is 43.5 Å². The van der Waals surface area contributed by atoms with Crippen LogP contribution in [0, 0.1) is 13.8 Å². The van der Waals surface area contributed by atoms with Crippen molar-refractivity contribution in [3.8, 4) is 5.75 Å². The summed E-state index contributed by atoms with van der Waals surface area (Å²) in [6, 6.07) is 6.17. The topological polar surface area (TPSA) is 126 Å². The Hall–Kier alpha value is -3.50. The van der Waals surface area contributed by atoms with Gasteiger partial charge >= 0.3 is 0 Å². The standard InChI is InChI=1S/C27H34N6O4/c1-17-22-8-9-33(12-19(22)6-7-24(17)36-14-25-18(2)31-16-37-25)13-21(34)11-28-27(35)23-10-26(30-15-29-23)32-20-4-3-5-20/h6-7,10,15-16,20-21,34H,3-5,8-9,11-14H2,1-2H3,(H,28,35)(H,29,30,32). The molecule has 5 rings (SSSR count). The Balaban J connectivity index is 1.10. The van der Waals surface area contributed by atoms with Gasteiger partial charge in [0, 0.05) is 38.3 Å². The van der Waals surface area contributed by atoms with Crippen LogP contribution in [0.2, 0.25) is 0 Å². The molecule has 1 fully saturated rings. The Morgan fingerprint density at radius 2 is 2.14 bits per heavy atom. The highest BCUT2D eigenvalue weighted by Crippen LogP contribution is 2.30. The highest BCUT2D eigenvalue weighted by atomic mass is 16.5. The average Bonchev–Trinajstić information content (AvgIpc) is 3.29. The molecule has 10 nitrogen and oxygen atoms in total. The van der Waals surface area contributed by atoms with Crippen LogP contribution < -0.4 is 15.4 Å². The Kier molecular flexibility index (Phi) is 7.66. The normalized spacial score (nSPS) is 16.5. The summed E-state index contributed by atoms with van der Waals surface area (Å²) in [6.07, 6.45) is 6.47. The lowest BCUT2D eigenvalue weighted by molar-refractivity contribution is 0.0837. The zero-order valence-corrected chi connectivity index (χ0v) is 21.4. The molecule has 1 unspecified atom stereocenters. The maximum atomic E-state index is 12.6. The summed E-state index contributed by atoms with van der Waals surface area (Å²) in [5, 5.41) is 16.7. The van der Waals surface area contributed by atoms with Crippen molar-refractivity contribution in [3.05, 3.63) is 64.8 Å². The number of carbonyl (C=O) groups excluding carboxylic acids is 1. The second-order valence-corrected chi connectivity index (χ2v) is 9.89. The third kappa shape index (κ3) is 6.08. The van der Waals surface area contributed by atoms with Crippen LogP contribution in [-0.4, -0.2) is 62.6 Å². The van der Waals surface area contributed by atoms with Gasteiger partial charge in [0.1, 0.15) is 30.2 Å². The number of benzene rings is 1. The Morgan fingerprint density at radius 1 is 1.27 bits per heavy atom. The summed E-state index contributed by atoms with van der Waals surface area (Å²) < 4.78 is 11.4. The van der Waals surface area contributed by atoms with Crippen molar-refractivity contribution in [3.63, 3.8) is 0 Å². The van der Waals surface area contributed by atoms with E-state index >= 15 is 0 Å². The minimum absolute atomic E-state index is 0.157. The van der Waals surface area contributed by atoms with E-state index in [0.717, 1.165) is 55.1 Å². The van der Waals surface area contributed by atoms with Gasteiger partial charge < -0.3 is 24.9 Å². The number of oxazole rings is 1. The second kappa shape index (κ2) is 11.3. The lowest BCUT2D eigenvalue weighted by atomic mass is 9.93. The first-order valence-corrected chi connectivity index (χ1v) is 12.9. The van der Waals surface area contributed by atoms with Crippen molar-refractivity contribution in [1.29, 1.82) is 0 Å². The van der Waals surface area contributed by atoms with E-state index in [1.807, 2.05) is 13.0 Å². The summed E-state index contributed by atoms with van der Waals surface area (Å²) in [5.74, 6) is 1.93. The quantitative estimate of drug-likeness (QED) is 0.380. The van der Waals surface area contributed by atoms with Gasteiger partial charge in [-0.25, -0.2) is 15.0 Å². The fourth-order valence-electron chi connectivity index (χ4n) is 4.78. The fraction of sp³-hybridized carbons (Fsp3) is 0.481. The molecule has 1 amide bonds. The van der Waals surface area contributed by atoms with Gasteiger partial charge in [0.25, 0.3) is 5.91 Å². The molecule has 3 heterocycles. The molecule has 1 atom stereocenters. The van der Waals surface area contributed by atoms with E-state index in [1.54, 1.807) is 6.07 Å². The highest BCUT2D eigenvalue weighted by molar-refractivity contribution is 5.92. The number of amides is 1. The molecule has 1 aromatic carbocycles. The number of anilines is 1. The van der Waals surface area contributed by atoms with Crippen LogP contribution in [0.25, 0.3) is 0 Å². The van der Waals surface area contributed by atoms with Crippen molar-refractivity contribution >= 4 is 11.7 Å². The molecule has 196 valence electrons. The monoisotopic (exact) mass is 506 g/mol. The number of aryl methyl sites for hydroxylation is 1. The number of hydrogen-bond acceptors (Lipinski definition) is 9. The smallest absolute Gasteiger partial charge is 0.270 e. The summed E-state index contributed by atoms with van der Waals surface area (Å²) in [5.41, 5.74) is 4.79. The van der Waals surface area contributed by atoms with Gasteiger partial charge in [0.2, 0.25) is 0 Å². The van der Waals surface area contributed by atoms with Crippen LogP contribution >= 0.6 is 0 Å². The van der Waals surface area contributed by atoms with Gasteiger partial charge in [-0.3, -0.25) is 9.69 Å². The number of hydrogen-bond donors (Lipinski definition) is 3. The molecule has 37 heavy (non-hydrogen) atoms. The van der Waals surface area contributed by atoms with Crippen molar-refractivity contribution in [1.82, 2.24) is 25.2 Å². The van der Waals surface area contributed by atoms with E-state index in [4.69, 9.17) is 9.15 Å². The molecule has 10 heteroatoms. The number of aromatic nitrogens is 3. The van der Waals surface area contributed by atoms with Crippen molar-refractivity contribution in [2.45, 2.75) is 64.8 Å². The van der Waals surface area contributed by atoms with Crippen molar-refractivity contribution in [2.75, 3.05) is 25.0 Å². The highest BCUT2D eigenvalue weighted by Gasteiger charge is 2.23. The molecule has 2 aliphatic rings. The summed E-state index contributed by atoms with van der Waals surface area (Å²) in [4.78, 5) is 27.2. The summed E-state index contributed by atoms with van der Waals surface area (Å²) in [6.45, 7) is 6.53. The van der Waals surface area contributed by atoms with Gasteiger partial charge in [-0.15, -0.1) is 0 Å². The van der Waals surface area contributed by atoms with Crippen LogP contribution in [0.15, 0.2) is 35.3 Å². The summed E-state index contributed by atoms with van der Waals surface area (Å²) >= 11 is 0. The third-order valence-corrected chi connectivity index (χ3v) is 7.25. The van der Waals surface area contributed by atoms with Crippen LogP contribution in [-0.2, 0) is 19.6 Å². The van der Waals surface area contributed by atoms with E-state index in [1.165, 1.54) is 30.3 Å². The summed E-state index contributed by atoms with van der Waals surface area (Å²) in [7, 11) is 0. The largest absolute Gasteiger partial charge is 0.485 e. The Labute approximate surface area is 216 Å². The van der Waals surface area contributed by atoms with Crippen LogP contribution in [0.5, 0.6) is 5.75 Å². The maximum absolute atomic E-state index is 12.6. The molecular weight excluding hydrogens is 472 g/mol. The van der Waals surface area contributed by atoms with E-state index < -0.39 is 6.10 Å². The van der Waals surface area contributed by atoms with Crippen LogP contribution in [0.1, 0.15) is 57.9 Å². The molecular formula is C27H34N6O4. The maximum Gasteiger partial charge on any atom is 0.270 e. The number of nitrogens with zero attached hydrogens (tertiary/aromatic N) is 4. The van der Waals surface area contributed by atoms with Gasteiger partial charge in [-0.2, -0.15) is 0 Å². The predicted octanol–water partition coefficient (Wildman–Crippen LogP) is 2.77. The first-order chi connectivity index (χ1) is 18.0. The number of fused-ring (bicyclic) bond motifs is 1. The average molecular weight is 507 g/mol. The Bertz CT molecular complexity index is 1240. The van der Waals surface area contributed by atoms with Gasteiger partial charge in [-0.1, -0.05) is 6.07 Å². The molecule has 1 aliphatic heterocycles. The number of nitrogens with one attached hydrogen (secondary N) is 2. The molecule has 0 bridgehead atoms. The van der Waals surface area contributed by atoms with E-state index in [9.17, 15) is 9.90 Å². The molecule has 0 spiro atoms. The molecule has 3 N–H and O–H groups in total. The first kappa shape index (κ1) is 25.2. The van der Waals surface area contributed by atoms with E-state index in [0.29, 0.717) is 30.7 Å². The number of ether oxygens (including phenoxy) is 1. The molecule has 0 radical (unpaired) electrons. The lowest BCUT2D eigenvalue weighted by Crippen LogP contribution is -2.42. The van der Waals surface area contributed by atoms with Crippen molar-refractivity contribution < 1.29 is 19.1 Å². The minimum Gasteiger partial charge on any atom is -0.485 e. The minimum atomic E-state index is -0.686. The fourth-order valence-corrected chi connectivity index (χ4v) is 4.78. The zero-order valence-electron chi connectivity index (χ0n) is 21.4. The number of aliphatic hydroxyl groups is 1. The zero-order chi connectivity index (χ0) is 25.8. The predicted molar refractivity (Wildman–Crippen MR) is 137 cm³/mol. The van der Waals surface area contributed by atoms with E-state index in [-0.39, 0.29) is 12.5 Å². The number of carbonyl (C=O) groups is 1. The molecule has 1 aliphatic carbocycles. The number of rotatable bonds is 10. The van der Waals surface area contributed by atoms with Crippen molar-refractivity contribution in [2.24, 2.45) is 0 Å². The molecule has 0 saturated heterocycles.